The van der Waals surface area contributed by atoms with Gasteiger partial charge in [-0.2, -0.15) is 11.8 Å². The van der Waals surface area contributed by atoms with Crippen LogP contribution in [-0.4, -0.2) is 37.0 Å². The molecule has 13 heavy (non-hydrogen) atoms. The fourth-order valence-electron chi connectivity index (χ4n) is 0.652. The fourth-order valence-corrected chi connectivity index (χ4v) is 0.902. The molecule has 1 amide bonds. The molecule has 1 unspecified atom stereocenters. The Morgan fingerprint density at radius 3 is 2.92 bits per heavy atom. The van der Waals surface area contributed by atoms with Crippen molar-refractivity contribution in [1.29, 1.82) is 0 Å². The molecule has 0 aromatic carbocycles. The smallest absolute Gasteiger partial charge is 0.234 e. The molecule has 1 atom stereocenters. The molecule has 0 fully saturated rings. The molecule has 3 nitrogen and oxygen atoms in total. The molecule has 0 aliphatic carbocycles. The van der Waals surface area contributed by atoms with Gasteiger partial charge in [-0.3, -0.25) is 10.1 Å². The van der Waals surface area contributed by atoms with Gasteiger partial charge in [0.15, 0.2) is 0 Å². The summed E-state index contributed by atoms with van der Waals surface area (Å²) >= 11 is 1.73. The van der Waals surface area contributed by atoms with Gasteiger partial charge in [-0.25, -0.2) is 0 Å². The summed E-state index contributed by atoms with van der Waals surface area (Å²) < 4.78 is 0. The highest BCUT2D eigenvalue weighted by Crippen LogP contribution is 2.01. The first-order chi connectivity index (χ1) is 6.20. The third kappa shape index (κ3) is 7.69. The molecule has 0 bridgehead atoms. The normalized spacial score (nSPS) is 11.8. The Hall–Kier alpha value is -0.660. The number of rotatable bonds is 6. The molecule has 0 aliphatic heterocycles. The minimum Gasteiger partial charge on any atom is -0.354 e. The van der Waals surface area contributed by atoms with Crippen molar-refractivity contribution in [3.8, 4) is 12.3 Å². The molecule has 74 valence electrons. The Kier molecular flexibility index (Phi) is 7.56. The number of carbonyl (C=O) groups is 1. The topological polar surface area (TPSA) is 41.1 Å². The average Bonchev–Trinajstić information content (AvgIpc) is 2.14. The first kappa shape index (κ1) is 12.3. The van der Waals surface area contributed by atoms with Crippen molar-refractivity contribution in [2.24, 2.45) is 0 Å². The summed E-state index contributed by atoms with van der Waals surface area (Å²) in [4.78, 5) is 11.1. The van der Waals surface area contributed by atoms with Gasteiger partial charge in [-0.15, -0.1) is 6.42 Å². The molecule has 0 saturated heterocycles. The molecule has 4 heteroatoms. The number of hydrogen-bond acceptors (Lipinski definition) is 3. The molecule has 0 aromatic heterocycles. The highest BCUT2D eigenvalue weighted by molar-refractivity contribution is 7.99. The minimum atomic E-state index is -0.00356. The zero-order valence-electron chi connectivity index (χ0n) is 8.09. The zero-order valence-corrected chi connectivity index (χ0v) is 8.91. The van der Waals surface area contributed by atoms with Crippen molar-refractivity contribution in [3.05, 3.63) is 0 Å². The number of terminal acetylenes is 1. The van der Waals surface area contributed by atoms with Gasteiger partial charge in [0.05, 0.1) is 13.1 Å². The van der Waals surface area contributed by atoms with Crippen LogP contribution in [0.15, 0.2) is 0 Å². The maximum Gasteiger partial charge on any atom is 0.234 e. The Bertz CT molecular complexity index is 189. The van der Waals surface area contributed by atoms with Gasteiger partial charge < -0.3 is 5.32 Å². The first-order valence-electron chi connectivity index (χ1n) is 4.14. The Labute approximate surface area is 84.0 Å². The second-order valence-electron chi connectivity index (χ2n) is 2.66. The summed E-state index contributed by atoms with van der Waals surface area (Å²) in [6, 6.07) is 0. The highest BCUT2D eigenvalue weighted by atomic mass is 32.2. The summed E-state index contributed by atoms with van der Waals surface area (Å²) in [7, 11) is 0. The van der Waals surface area contributed by atoms with Crippen molar-refractivity contribution in [1.82, 2.24) is 10.6 Å². The molecule has 0 aliphatic rings. The minimum absolute atomic E-state index is 0.00356. The quantitative estimate of drug-likeness (QED) is 0.471. The van der Waals surface area contributed by atoms with Crippen LogP contribution in [-0.2, 0) is 4.79 Å². The van der Waals surface area contributed by atoms with E-state index in [4.69, 9.17) is 6.42 Å². The molecule has 2 N–H and O–H groups in total. The van der Waals surface area contributed by atoms with Crippen molar-refractivity contribution in [2.75, 3.05) is 25.9 Å². The number of carbonyl (C=O) groups excluding carboxylic acids is 1. The molecule has 0 saturated carbocycles. The Balaban J connectivity index is 3.36. The van der Waals surface area contributed by atoms with E-state index in [1.165, 1.54) is 0 Å². The van der Waals surface area contributed by atoms with Crippen LogP contribution >= 0.6 is 11.8 Å². The SMILES string of the molecule is C#CCNCC(=O)NCC(C)SC. The molecule has 0 heterocycles. The number of nitrogens with one attached hydrogen (secondary N) is 2. The lowest BCUT2D eigenvalue weighted by Gasteiger charge is -2.09. The molecule has 0 aromatic rings. The van der Waals surface area contributed by atoms with Crippen molar-refractivity contribution in [2.45, 2.75) is 12.2 Å². The van der Waals surface area contributed by atoms with E-state index in [0.717, 1.165) is 0 Å². The van der Waals surface area contributed by atoms with E-state index in [1.807, 2.05) is 6.26 Å². The Morgan fingerprint density at radius 1 is 1.69 bits per heavy atom. The third-order valence-corrected chi connectivity index (χ3v) is 2.47. The first-order valence-corrected chi connectivity index (χ1v) is 5.43. The lowest BCUT2D eigenvalue weighted by atomic mass is 10.4. The van der Waals surface area contributed by atoms with Gasteiger partial charge >= 0.3 is 0 Å². The van der Waals surface area contributed by atoms with Crippen molar-refractivity contribution in [3.63, 3.8) is 0 Å². The Morgan fingerprint density at radius 2 is 2.38 bits per heavy atom. The zero-order chi connectivity index (χ0) is 10.1. The molecular formula is C9H16N2OS. The van der Waals surface area contributed by atoms with Gasteiger partial charge in [0.1, 0.15) is 0 Å². The van der Waals surface area contributed by atoms with E-state index in [2.05, 4.69) is 23.5 Å². The van der Waals surface area contributed by atoms with E-state index in [0.29, 0.717) is 24.9 Å². The lowest BCUT2D eigenvalue weighted by Crippen LogP contribution is -2.36. The maximum absolute atomic E-state index is 11.1. The number of hydrogen-bond donors (Lipinski definition) is 2. The van der Waals surface area contributed by atoms with Crippen LogP contribution < -0.4 is 10.6 Å². The van der Waals surface area contributed by atoms with Crippen LogP contribution in [0.1, 0.15) is 6.92 Å². The monoisotopic (exact) mass is 200 g/mol. The van der Waals surface area contributed by atoms with Crippen LogP contribution in [0.25, 0.3) is 0 Å². The summed E-state index contributed by atoms with van der Waals surface area (Å²) in [6.07, 6.45) is 7.03. The second kappa shape index (κ2) is 7.96. The third-order valence-electron chi connectivity index (χ3n) is 1.50. The van der Waals surface area contributed by atoms with Crippen LogP contribution in [0, 0.1) is 12.3 Å². The van der Waals surface area contributed by atoms with E-state index >= 15 is 0 Å². The predicted octanol–water partition coefficient (Wildman–Crippen LogP) is 0.0769. The van der Waals surface area contributed by atoms with Crippen LogP contribution in [0.2, 0.25) is 0 Å². The van der Waals surface area contributed by atoms with Gasteiger partial charge in [0.2, 0.25) is 5.91 Å². The summed E-state index contributed by atoms with van der Waals surface area (Å²) in [5.41, 5.74) is 0. The van der Waals surface area contributed by atoms with E-state index in [1.54, 1.807) is 11.8 Å². The maximum atomic E-state index is 11.1. The lowest BCUT2D eigenvalue weighted by molar-refractivity contribution is -0.120. The van der Waals surface area contributed by atoms with Crippen molar-refractivity contribution < 1.29 is 4.79 Å². The molecule has 0 spiro atoms. The van der Waals surface area contributed by atoms with Crippen LogP contribution in [0.3, 0.4) is 0 Å². The van der Waals surface area contributed by atoms with Gasteiger partial charge in [0, 0.05) is 11.8 Å². The average molecular weight is 200 g/mol. The summed E-state index contributed by atoms with van der Waals surface area (Å²) in [5, 5.41) is 6.08. The highest BCUT2D eigenvalue weighted by Gasteiger charge is 2.02. The van der Waals surface area contributed by atoms with Gasteiger partial charge in [-0.1, -0.05) is 12.8 Å². The van der Waals surface area contributed by atoms with E-state index < -0.39 is 0 Å². The van der Waals surface area contributed by atoms with E-state index in [9.17, 15) is 4.79 Å². The van der Waals surface area contributed by atoms with Gasteiger partial charge in [-0.05, 0) is 6.26 Å². The number of amides is 1. The largest absolute Gasteiger partial charge is 0.354 e. The summed E-state index contributed by atoms with van der Waals surface area (Å²) in [6.45, 7) is 3.51. The second-order valence-corrected chi connectivity index (χ2v) is 3.93. The van der Waals surface area contributed by atoms with Crippen LogP contribution in [0.4, 0.5) is 0 Å². The predicted molar refractivity (Wildman–Crippen MR) is 57.7 cm³/mol. The molecular weight excluding hydrogens is 184 g/mol. The molecule has 0 rings (SSSR count). The van der Waals surface area contributed by atoms with Crippen molar-refractivity contribution >= 4 is 17.7 Å². The number of thioether (sulfide) groups is 1. The summed E-state index contributed by atoms with van der Waals surface area (Å²) in [5.74, 6) is 2.40. The standard InChI is InChI=1S/C9H16N2OS/c1-4-5-10-7-9(12)11-6-8(2)13-3/h1,8,10H,5-7H2,2-3H3,(H,11,12). The fraction of sp³-hybridized carbons (Fsp3) is 0.667. The molecule has 0 radical (unpaired) electrons. The van der Waals surface area contributed by atoms with E-state index in [-0.39, 0.29) is 5.91 Å². The van der Waals surface area contributed by atoms with Crippen LogP contribution in [0.5, 0.6) is 0 Å². The van der Waals surface area contributed by atoms with Gasteiger partial charge in [0.25, 0.3) is 0 Å².